The van der Waals surface area contributed by atoms with E-state index in [0.717, 1.165) is 0 Å². The predicted octanol–water partition coefficient (Wildman–Crippen LogP) is 3.14. The number of furan rings is 1. The van der Waals surface area contributed by atoms with Crippen molar-refractivity contribution in [3.05, 3.63) is 59.8 Å². The number of rotatable bonds is 6. The minimum absolute atomic E-state index is 0.0355. The second kappa shape index (κ2) is 7.64. The summed E-state index contributed by atoms with van der Waals surface area (Å²) in [4.78, 5) is 23.7. The van der Waals surface area contributed by atoms with E-state index in [-0.39, 0.29) is 41.8 Å². The molecule has 0 aliphatic carbocycles. The van der Waals surface area contributed by atoms with Gasteiger partial charge in [0.1, 0.15) is 5.82 Å². The maximum atomic E-state index is 13.9. The minimum Gasteiger partial charge on any atom is -0.459 e. The fraction of sp³-hybridized carbons (Fsp3) is 0.167. The molecule has 7 nitrogen and oxygen atoms in total. The lowest BCUT2D eigenvalue weighted by molar-refractivity contribution is -0.116. The molecule has 2 heterocycles. The van der Waals surface area contributed by atoms with E-state index >= 15 is 0 Å². The molecule has 0 saturated heterocycles. The molecular weight excluding hydrogens is 341 g/mol. The lowest BCUT2D eigenvalue weighted by Crippen LogP contribution is -2.27. The summed E-state index contributed by atoms with van der Waals surface area (Å²) in [7, 11) is 0. The van der Waals surface area contributed by atoms with E-state index in [1.165, 1.54) is 18.4 Å². The van der Waals surface area contributed by atoms with Crippen LogP contribution in [0.2, 0.25) is 0 Å². The Bertz CT molecular complexity index is 918. The summed E-state index contributed by atoms with van der Waals surface area (Å²) in [5.74, 6) is -0.559. The van der Waals surface area contributed by atoms with Crippen molar-refractivity contribution in [3.63, 3.8) is 0 Å². The zero-order valence-electron chi connectivity index (χ0n) is 13.9. The van der Waals surface area contributed by atoms with Crippen molar-refractivity contribution in [3.8, 4) is 11.3 Å². The third-order valence-electron chi connectivity index (χ3n) is 3.68. The number of anilines is 1. The Hall–Kier alpha value is -3.42. The van der Waals surface area contributed by atoms with Gasteiger partial charge in [-0.3, -0.25) is 9.59 Å². The number of carbonyl (C=O) groups is 2. The number of halogens is 1. The smallest absolute Gasteiger partial charge is 0.286 e. The van der Waals surface area contributed by atoms with Gasteiger partial charge in [-0.15, -0.1) is 0 Å². The molecule has 0 saturated carbocycles. The van der Waals surface area contributed by atoms with Crippen molar-refractivity contribution in [1.29, 1.82) is 0 Å². The van der Waals surface area contributed by atoms with E-state index in [1.54, 1.807) is 31.2 Å². The molecule has 2 aromatic heterocycles. The van der Waals surface area contributed by atoms with Crippen LogP contribution in [0.3, 0.4) is 0 Å². The first-order chi connectivity index (χ1) is 12.6. The van der Waals surface area contributed by atoms with Gasteiger partial charge in [-0.25, -0.2) is 4.39 Å². The van der Waals surface area contributed by atoms with Crippen LogP contribution in [0, 0.1) is 12.7 Å². The van der Waals surface area contributed by atoms with Gasteiger partial charge in [-0.1, -0.05) is 17.3 Å². The fourth-order valence-electron chi connectivity index (χ4n) is 2.33. The van der Waals surface area contributed by atoms with Gasteiger partial charge in [0.2, 0.25) is 5.91 Å². The van der Waals surface area contributed by atoms with E-state index < -0.39 is 11.7 Å². The number of aromatic nitrogens is 1. The number of nitrogens with zero attached hydrogens (tertiary/aromatic N) is 1. The standard InChI is InChI=1S/C18H16FN3O4/c1-11-16(12-5-2-3-6-13(12)19)26-22-17(11)21-15(23)8-9-20-18(24)14-7-4-10-25-14/h2-7,10H,8-9H2,1H3,(H,20,24)(H,21,22,23). The molecule has 0 bridgehead atoms. The second-order valence-electron chi connectivity index (χ2n) is 5.50. The molecule has 1 aromatic carbocycles. The highest BCUT2D eigenvalue weighted by atomic mass is 19.1. The Labute approximate surface area is 148 Å². The van der Waals surface area contributed by atoms with Crippen LogP contribution in [0.1, 0.15) is 22.5 Å². The van der Waals surface area contributed by atoms with Gasteiger partial charge in [0.15, 0.2) is 17.3 Å². The van der Waals surface area contributed by atoms with Crippen LogP contribution in [-0.4, -0.2) is 23.5 Å². The summed E-state index contributed by atoms with van der Waals surface area (Å²) in [6.45, 7) is 1.80. The summed E-state index contributed by atoms with van der Waals surface area (Å²) in [6.07, 6.45) is 1.43. The van der Waals surface area contributed by atoms with Gasteiger partial charge in [0.05, 0.1) is 11.8 Å². The van der Waals surface area contributed by atoms with Crippen molar-refractivity contribution >= 4 is 17.6 Å². The summed E-state index contributed by atoms with van der Waals surface area (Å²) in [6, 6.07) is 9.26. The fourth-order valence-corrected chi connectivity index (χ4v) is 2.33. The Balaban J connectivity index is 1.57. The number of benzene rings is 1. The van der Waals surface area contributed by atoms with Crippen LogP contribution >= 0.6 is 0 Å². The number of carbonyl (C=O) groups excluding carboxylic acids is 2. The van der Waals surface area contributed by atoms with Crippen molar-refractivity contribution < 1.29 is 22.9 Å². The number of hydrogen-bond acceptors (Lipinski definition) is 5. The first-order valence-electron chi connectivity index (χ1n) is 7.89. The zero-order chi connectivity index (χ0) is 18.5. The number of amides is 2. The summed E-state index contributed by atoms with van der Waals surface area (Å²) < 4.78 is 24.0. The molecule has 3 aromatic rings. The van der Waals surface area contributed by atoms with Gasteiger partial charge in [-0.05, 0) is 31.2 Å². The third-order valence-corrected chi connectivity index (χ3v) is 3.68. The van der Waals surface area contributed by atoms with Crippen LogP contribution in [0.15, 0.2) is 51.6 Å². The molecule has 8 heteroatoms. The highest BCUT2D eigenvalue weighted by Gasteiger charge is 2.18. The predicted molar refractivity (Wildman–Crippen MR) is 90.9 cm³/mol. The van der Waals surface area contributed by atoms with Crippen molar-refractivity contribution in [2.24, 2.45) is 0 Å². The van der Waals surface area contributed by atoms with Gasteiger partial charge in [0.25, 0.3) is 5.91 Å². The molecule has 26 heavy (non-hydrogen) atoms. The average Bonchev–Trinajstić information content (AvgIpc) is 3.27. The Morgan fingerprint density at radius 3 is 2.73 bits per heavy atom. The first-order valence-corrected chi connectivity index (χ1v) is 7.89. The molecule has 2 N–H and O–H groups in total. The lowest BCUT2D eigenvalue weighted by Gasteiger charge is -2.04. The van der Waals surface area contributed by atoms with E-state index in [9.17, 15) is 14.0 Å². The molecule has 0 aliphatic heterocycles. The van der Waals surface area contributed by atoms with Gasteiger partial charge >= 0.3 is 0 Å². The molecule has 0 fully saturated rings. The van der Waals surface area contributed by atoms with E-state index in [2.05, 4.69) is 15.8 Å². The maximum Gasteiger partial charge on any atom is 0.286 e. The topological polar surface area (TPSA) is 97.4 Å². The third kappa shape index (κ3) is 3.80. The Morgan fingerprint density at radius 1 is 1.19 bits per heavy atom. The molecule has 0 spiro atoms. The molecule has 3 rings (SSSR count). The summed E-state index contributed by atoms with van der Waals surface area (Å²) >= 11 is 0. The molecular formula is C18H16FN3O4. The normalized spacial score (nSPS) is 10.5. The average molecular weight is 357 g/mol. The van der Waals surface area contributed by atoms with Gasteiger partial charge < -0.3 is 19.6 Å². The molecule has 0 unspecified atom stereocenters. The van der Waals surface area contributed by atoms with Crippen LogP contribution < -0.4 is 10.6 Å². The number of hydrogen-bond donors (Lipinski definition) is 2. The lowest BCUT2D eigenvalue weighted by atomic mass is 10.1. The highest BCUT2D eigenvalue weighted by Crippen LogP contribution is 2.30. The van der Waals surface area contributed by atoms with Gasteiger partial charge in [0, 0.05) is 18.5 Å². The van der Waals surface area contributed by atoms with Crippen LogP contribution in [0.4, 0.5) is 10.2 Å². The SMILES string of the molecule is Cc1c(NC(=O)CCNC(=O)c2ccco2)noc1-c1ccccc1F. The molecule has 0 aliphatic rings. The van der Waals surface area contributed by atoms with Crippen LogP contribution in [0.25, 0.3) is 11.3 Å². The minimum atomic E-state index is -0.440. The molecule has 134 valence electrons. The van der Waals surface area contributed by atoms with Crippen molar-refractivity contribution in [1.82, 2.24) is 10.5 Å². The van der Waals surface area contributed by atoms with Gasteiger partial charge in [-0.2, -0.15) is 0 Å². The summed E-state index contributed by atoms with van der Waals surface area (Å²) in [5.41, 5.74) is 0.784. The van der Waals surface area contributed by atoms with Crippen molar-refractivity contribution in [2.75, 3.05) is 11.9 Å². The monoisotopic (exact) mass is 357 g/mol. The molecule has 0 atom stereocenters. The molecule has 2 amide bonds. The van der Waals surface area contributed by atoms with E-state index in [1.807, 2.05) is 0 Å². The first kappa shape index (κ1) is 17.4. The Morgan fingerprint density at radius 2 is 2.00 bits per heavy atom. The quantitative estimate of drug-likeness (QED) is 0.706. The van der Waals surface area contributed by atoms with Crippen LogP contribution in [-0.2, 0) is 4.79 Å². The highest BCUT2D eigenvalue weighted by molar-refractivity contribution is 5.93. The van der Waals surface area contributed by atoms with Crippen LogP contribution in [0.5, 0.6) is 0 Å². The largest absolute Gasteiger partial charge is 0.459 e. The second-order valence-corrected chi connectivity index (χ2v) is 5.50. The maximum absolute atomic E-state index is 13.9. The van der Waals surface area contributed by atoms with E-state index in [4.69, 9.17) is 8.94 Å². The van der Waals surface area contributed by atoms with Crippen molar-refractivity contribution in [2.45, 2.75) is 13.3 Å². The summed E-state index contributed by atoms with van der Waals surface area (Å²) in [5, 5.41) is 8.94. The zero-order valence-corrected chi connectivity index (χ0v) is 13.9. The Kier molecular flexibility index (Phi) is 5.12. The van der Waals surface area contributed by atoms with E-state index in [0.29, 0.717) is 5.56 Å². The number of nitrogens with one attached hydrogen (secondary N) is 2. The molecule has 0 radical (unpaired) electrons.